The molecular weight excluding hydrogens is 108 g/mol. The minimum atomic E-state index is 0.722. The van der Waals surface area contributed by atoms with Crippen LogP contribution in [0.4, 0.5) is 0 Å². The van der Waals surface area contributed by atoms with E-state index in [9.17, 15) is 0 Å². The van der Waals surface area contributed by atoms with E-state index in [0.717, 1.165) is 12.3 Å². The minimum Gasteiger partial charge on any atom is -0.0914 e. The number of hydrogen-bond acceptors (Lipinski definition) is 0. The molecule has 0 aromatic carbocycles. The Balaban J connectivity index is 3.41. The second kappa shape index (κ2) is 5.87. The van der Waals surface area contributed by atoms with E-state index < -0.39 is 0 Å². The summed E-state index contributed by atoms with van der Waals surface area (Å²) in [5, 5.41) is 0. The highest BCUT2D eigenvalue weighted by molar-refractivity contribution is 4.85. The molecule has 0 rings (SSSR count). The Kier molecular flexibility index (Phi) is 5.70. The fraction of sp³-hybridized carbons (Fsp3) is 0.667. The van der Waals surface area contributed by atoms with E-state index in [-0.39, 0.29) is 0 Å². The third-order valence-corrected chi connectivity index (χ3v) is 1.49. The molecule has 1 unspecified atom stereocenters. The quantitative estimate of drug-likeness (QED) is 0.506. The first kappa shape index (κ1) is 8.74. The average Bonchev–Trinajstić information content (AvgIpc) is 1.88. The van der Waals surface area contributed by atoms with Crippen LogP contribution in [0, 0.1) is 12.8 Å². The second-order valence-electron chi connectivity index (χ2n) is 2.36. The molecule has 9 heavy (non-hydrogen) atoms. The summed E-state index contributed by atoms with van der Waals surface area (Å²) in [7, 11) is 0. The van der Waals surface area contributed by atoms with Crippen LogP contribution in [-0.4, -0.2) is 0 Å². The third kappa shape index (κ3) is 4.26. The van der Waals surface area contributed by atoms with Crippen molar-refractivity contribution in [2.24, 2.45) is 5.92 Å². The molecule has 0 aliphatic rings. The first-order chi connectivity index (χ1) is 4.35. The molecule has 0 nitrogen and oxygen atoms in total. The number of allylic oxidation sites excluding steroid dienone is 2. The molecule has 0 amide bonds. The van der Waals surface area contributed by atoms with Gasteiger partial charge < -0.3 is 0 Å². The number of rotatable bonds is 4. The third-order valence-electron chi connectivity index (χ3n) is 1.49. The van der Waals surface area contributed by atoms with Gasteiger partial charge >= 0.3 is 0 Å². The summed E-state index contributed by atoms with van der Waals surface area (Å²) in [6.45, 7) is 8.15. The van der Waals surface area contributed by atoms with Gasteiger partial charge in [-0.2, -0.15) is 0 Å². The van der Waals surface area contributed by atoms with Crippen molar-refractivity contribution in [1.82, 2.24) is 0 Å². The fourth-order valence-electron chi connectivity index (χ4n) is 0.980. The average molecular weight is 125 g/mol. The molecule has 0 aromatic rings. The minimum absolute atomic E-state index is 0.722. The van der Waals surface area contributed by atoms with E-state index in [1.165, 1.54) is 12.8 Å². The van der Waals surface area contributed by atoms with Crippen molar-refractivity contribution in [2.75, 3.05) is 0 Å². The summed E-state index contributed by atoms with van der Waals surface area (Å²) in [4.78, 5) is 0. The van der Waals surface area contributed by atoms with Gasteiger partial charge in [0.1, 0.15) is 0 Å². The topological polar surface area (TPSA) is 0 Å². The van der Waals surface area contributed by atoms with Crippen LogP contribution in [0.25, 0.3) is 0 Å². The van der Waals surface area contributed by atoms with Crippen LogP contribution >= 0.6 is 0 Å². The van der Waals surface area contributed by atoms with Gasteiger partial charge in [-0.25, -0.2) is 0 Å². The summed E-state index contributed by atoms with van der Waals surface area (Å²) in [5.74, 6) is 0.722. The zero-order valence-electron chi connectivity index (χ0n) is 6.56. The molecule has 1 atom stereocenters. The first-order valence-corrected chi connectivity index (χ1v) is 3.77. The van der Waals surface area contributed by atoms with E-state index in [4.69, 9.17) is 0 Å². The monoisotopic (exact) mass is 125 g/mol. The molecule has 1 radical (unpaired) electrons. The van der Waals surface area contributed by atoms with Crippen LogP contribution < -0.4 is 0 Å². The molecule has 0 saturated carbocycles. The van der Waals surface area contributed by atoms with E-state index in [1.807, 2.05) is 0 Å². The molecule has 0 heterocycles. The van der Waals surface area contributed by atoms with Crippen LogP contribution in [0.2, 0.25) is 0 Å². The van der Waals surface area contributed by atoms with Gasteiger partial charge in [0, 0.05) is 0 Å². The van der Waals surface area contributed by atoms with E-state index in [1.54, 1.807) is 0 Å². The van der Waals surface area contributed by atoms with Crippen molar-refractivity contribution in [3.05, 3.63) is 19.1 Å². The highest BCUT2D eigenvalue weighted by atomic mass is 14.0. The van der Waals surface area contributed by atoms with Crippen molar-refractivity contribution < 1.29 is 0 Å². The molecule has 0 fully saturated rings. The van der Waals surface area contributed by atoms with Gasteiger partial charge in [-0.15, -0.1) is 0 Å². The maximum atomic E-state index is 3.87. The molecule has 0 bridgehead atoms. The normalized spacial score (nSPS) is 14.6. The van der Waals surface area contributed by atoms with E-state index in [0.29, 0.717) is 0 Å². The van der Waals surface area contributed by atoms with Gasteiger partial charge in [-0.3, -0.25) is 0 Å². The lowest BCUT2D eigenvalue weighted by atomic mass is 10.0. The van der Waals surface area contributed by atoms with Gasteiger partial charge in [0.2, 0.25) is 0 Å². The molecule has 0 heteroatoms. The maximum absolute atomic E-state index is 3.87. The highest BCUT2D eigenvalue weighted by Crippen LogP contribution is 2.11. The zero-order valence-corrected chi connectivity index (χ0v) is 6.56. The van der Waals surface area contributed by atoms with Gasteiger partial charge in [-0.1, -0.05) is 32.4 Å². The molecule has 0 aliphatic carbocycles. The lowest BCUT2D eigenvalue weighted by Crippen LogP contribution is -1.91. The first-order valence-electron chi connectivity index (χ1n) is 3.77. The van der Waals surface area contributed by atoms with Crippen LogP contribution in [-0.2, 0) is 0 Å². The van der Waals surface area contributed by atoms with E-state index in [2.05, 4.69) is 32.9 Å². The highest BCUT2D eigenvalue weighted by Gasteiger charge is 1.96. The molecule has 0 saturated heterocycles. The summed E-state index contributed by atoms with van der Waals surface area (Å²) in [6, 6.07) is 0. The molecule has 0 aromatic heterocycles. The van der Waals surface area contributed by atoms with Gasteiger partial charge in [0.05, 0.1) is 0 Å². The van der Waals surface area contributed by atoms with Crippen molar-refractivity contribution in [3.63, 3.8) is 0 Å². The Morgan fingerprint density at radius 1 is 1.56 bits per heavy atom. The SMILES string of the molecule is [CH2]CC(C=CC)CCC. The standard InChI is InChI=1S/C9H17/c1-4-7-9(6-3)8-5-2/h4,7,9H,3,5-6,8H2,1-2H3. The van der Waals surface area contributed by atoms with Crippen LogP contribution in [0.15, 0.2) is 12.2 Å². The van der Waals surface area contributed by atoms with Crippen LogP contribution in [0.1, 0.15) is 33.1 Å². The summed E-state index contributed by atoms with van der Waals surface area (Å²) < 4.78 is 0. The van der Waals surface area contributed by atoms with Crippen molar-refractivity contribution in [2.45, 2.75) is 33.1 Å². The Labute approximate surface area is 59.0 Å². The van der Waals surface area contributed by atoms with Crippen molar-refractivity contribution in [1.29, 1.82) is 0 Å². The molecule has 53 valence electrons. The molecule has 0 N–H and O–H groups in total. The molecular formula is C9H17. The van der Waals surface area contributed by atoms with Crippen LogP contribution in [0.5, 0.6) is 0 Å². The smallest absolute Gasteiger partial charge is 0.0234 e. The zero-order chi connectivity index (χ0) is 7.11. The predicted molar refractivity (Wildman–Crippen MR) is 43.2 cm³/mol. The molecule has 0 aliphatic heterocycles. The van der Waals surface area contributed by atoms with Gasteiger partial charge in [-0.05, 0) is 25.7 Å². The molecule has 0 spiro atoms. The fourth-order valence-corrected chi connectivity index (χ4v) is 0.980. The predicted octanol–water partition coefficient (Wildman–Crippen LogP) is 3.20. The van der Waals surface area contributed by atoms with Gasteiger partial charge in [0.25, 0.3) is 0 Å². The largest absolute Gasteiger partial charge is 0.0914 e. The summed E-state index contributed by atoms with van der Waals surface area (Å²) in [5.41, 5.74) is 0. The summed E-state index contributed by atoms with van der Waals surface area (Å²) in [6.07, 6.45) is 7.96. The summed E-state index contributed by atoms with van der Waals surface area (Å²) >= 11 is 0. The lowest BCUT2D eigenvalue weighted by molar-refractivity contribution is 0.586. The Bertz CT molecular complexity index is 72.1. The van der Waals surface area contributed by atoms with Crippen LogP contribution in [0.3, 0.4) is 0 Å². The maximum Gasteiger partial charge on any atom is -0.0234 e. The lowest BCUT2D eigenvalue weighted by Gasteiger charge is -2.05. The second-order valence-corrected chi connectivity index (χ2v) is 2.36. The van der Waals surface area contributed by atoms with Crippen molar-refractivity contribution in [3.8, 4) is 0 Å². The van der Waals surface area contributed by atoms with E-state index >= 15 is 0 Å². The Morgan fingerprint density at radius 3 is 2.56 bits per heavy atom. The van der Waals surface area contributed by atoms with Gasteiger partial charge in [0.15, 0.2) is 0 Å². The number of hydrogen-bond donors (Lipinski definition) is 0. The Hall–Kier alpha value is -0.260. The Morgan fingerprint density at radius 2 is 2.22 bits per heavy atom. The van der Waals surface area contributed by atoms with Crippen molar-refractivity contribution >= 4 is 0 Å².